The molecule has 20 heavy (non-hydrogen) atoms. The van der Waals surface area contributed by atoms with Gasteiger partial charge in [0.1, 0.15) is 0 Å². The topological polar surface area (TPSA) is 41.6 Å². The fraction of sp³-hybridized carbons (Fsp3) is 0.938. The molecular formula is C16H28N2O2. The van der Waals surface area contributed by atoms with Gasteiger partial charge in [0.25, 0.3) is 0 Å². The van der Waals surface area contributed by atoms with Crippen molar-refractivity contribution in [3.63, 3.8) is 0 Å². The van der Waals surface area contributed by atoms with Crippen LogP contribution in [0.4, 0.5) is 0 Å². The summed E-state index contributed by atoms with van der Waals surface area (Å²) in [4.78, 5) is 15.2. The quantitative estimate of drug-likeness (QED) is 0.808. The molecule has 4 heteroatoms. The molecule has 2 aliphatic carbocycles. The standard InChI is InChI=1S/C16H28N2O2/c1-20-12-9-16(7-2-8-16)15(19)17-13-5-10-18(11-6-13)14-3-4-14/h13-14H,2-12H2,1H3,(H,17,19). The Hall–Kier alpha value is -0.610. The van der Waals surface area contributed by atoms with Crippen LogP contribution in [0.5, 0.6) is 0 Å². The highest BCUT2D eigenvalue weighted by atomic mass is 16.5. The number of nitrogens with zero attached hydrogens (tertiary/aromatic N) is 1. The summed E-state index contributed by atoms with van der Waals surface area (Å²) in [5.41, 5.74) is -0.108. The first-order chi connectivity index (χ1) is 9.73. The normalized spacial score (nSPS) is 27.1. The van der Waals surface area contributed by atoms with E-state index in [9.17, 15) is 4.79 Å². The van der Waals surface area contributed by atoms with Crippen LogP contribution in [0.3, 0.4) is 0 Å². The molecule has 0 atom stereocenters. The number of methoxy groups -OCH3 is 1. The van der Waals surface area contributed by atoms with Crippen LogP contribution in [-0.4, -0.2) is 49.7 Å². The molecule has 1 aliphatic heterocycles. The monoisotopic (exact) mass is 280 g/mol. The molecule has 114 valence electrons. The summed E-state index contributed by atoms with van der Waals surface area (Å²) in [5.74, 6) is 0.297. The smallest absolute Gasteiger partial charge is 0.226 e. The molecule has 1 N–H and O–H groups in total. The van der Waals surface area contributed by atoms with Crippen LogP contribution < -0.4 is 5.32 Å². The van der Waals surface area contributed by atoms with Gasteiger partial charge in [0, 0.05) is 38.9 Å². The van der Waals surface area contributed by atoms with Crippen LogP contribution in [0.2, 0.25) is 0 Å². The molecule has 0 bridgehead atoms. The third kappa shape index (κ3) is 3.01. The third-order valence-corrected chi connectivity index (χ3v) is 5.51. The molecule has 0 aromatic heterocycles. The molecule has 0 spiro atoms. The Balaban J connectivity index is 1.46. The van der Waals surface area contributed by atoms with Gasteiger partial charge in [-0.05, 0) is 44.9 Å². The lowest BCUT2D eigenvalue weighted by molar-refractivity contribution is -0.138. The van der Waals surface area contributed by atoms with E-state index in [-0.39, 0.29) is 5.41 Å². The van der Waals surface area contributed by atoms with Gasteiger partial charge in [-0.3, -0.25) is 4.79 Å². The number of hydrogen-bond donors (Lipinski definition) is 1. The minimum absolute atomic E-state index is 0.108. The molecule has 3 aliphatic rings. The maximum atomic E-state index is 12.6. The summed E-state index contributed by atoms with van der Waals surface area (Å²) in [7, 11) is 1.72. The Bertz CT molecular complexity index is 342. The number of nitrogens with one attached hydrogen (secondary N) is 1. The maximum Gasteiger partial charge on any atom is 0.226 e. The predicted octanol–water partition coefficient (Wildman–Crippen LogP) is 1.94. The first kappa shape index (κ1) is 14.3. The summed E-state index contributed by atoms with van der Waals surface area (Å²) < 4.78 is 5.17. The molecule has 3 rings (SSSR count). The minimum Gasteiger partial charge on any atom is -0.385 e. The van der Waals surface area contributed by atoms with Gasteiger partial charge < -0.3 is 15.0 Å². The summed E-state index contributed by atoms with van der Waals surface area (Å²) in [6.07, 6.45) is 9.19. The van der Waals surface area contributed by atoms with Gasteiger partial charge in [0.05, 0.1) is 5.41 Å². The maximum absolute atomic E-state index is 12.6. The average Bonchev–Trinajstić information content (AvgIpc) is 3.23. The van der Waals surface area contributed by atoms with Crippen molar-refractivity contribution >= 4 is 5.91 Å². The molecule has 3 fully saturated rings. The minimum atomic E-state index is -0.108. The van der Waals surface area contributed by atoms with Crippen LogP contribution in [0.25, 0.3) is 0 Å². The highest BCUT2D eigenvalue weighted by Gasteiger charge is 2.44. The van der Waals surface area contributed by atoms with Gasteiger partial charge in [-0.2, -0.15) is 0 Å². The van der Waals surface area contributed by atoms with Gasteiger partial charge in [-0.25, -0.2) is 0 Å². The van der Waals surface area contributed by atoms with E-state index in [0.29, 0.717) is 18.6 Å². The van der Waals surface area contributed by atoms with Crippen LogP contribution in [0, 0.1) is 5.41 Å². The number of likely N-dealkylation sites (tertiary alicyclic amines) is 1. The highest BCUT2D eigenvalue weighted by molar-refractivity contribution is 5.83. The zero-order valence-electron chi connectivity index (χ0n) is 12.7. The number of amides is 1. The van der Waals surface area contributed by atoms with Crippen LogP contribution in [-0.2, 0) is 9.53 Å². The second-order valence-corrected chi connectivity index (χ2v) is 6.89. The fourth-order valence-electron chi connectivity index (χ4n) is 3.68. The largest absolute Gasteiger partial charge is 0.385 e. The SMILES string of the molecule is COCCC1(C(=O)NC2CCN(C3CC3)CC2)CCC1. The van der Waals surface area contributed by atoms with Crippen molar-refractivity contribution in [2.24, 2.45) is 5.41 Å². The average molecular weight is 280 g/mol. The van der Waals surface area contributed by atoms with Gasteiger partial charge in [0.2, 0.25) is 5.91 Å². The number of hydrogen-bond acceptors (Lipinski definition) is 3. The van der Waals surface area contributed by atoms with Crippen molar-refractivity contribution in [2.75, 3.05) is 26.8 Å². The van der Waals surface area contributed by atoms with E-state index in [1.807, 2.05) is 0 Å². The van der Waals surface area contributed by atoms with Crippen molar-refractivity contribution in [3.8, 4) is 0 Å². The molecular weight excluding hydrogens is 252 g/mol. The Labute approximate surface area is 122 Å². The summed E-state index contributed by atoms with van der Waals surface area (Å²) in [5, 5.41) is 3.33. The predicted molar refractivity (Wildman–Crippen MR) is 78.5 cm³/mol. The zero-order chi connectivity index (χ0) is 14.0. The van der Waals surface area contributed by atoms with Crippen molar-refractivity contribution in [3.05, 3.63) is 0 Å². The zero-order valence-corrected chi connectivity index (χ0v) is 12.7. The molecule has 0 unspecified atom stereocenters. The van der Waals surface area contributed by atoms with Gasteiger partial charge in [0.15, 0.2) is 0 Å². The van der Waals surface area contributed by atoms with E-state index < -0.39 is 0 Å². The van der Waals surface area contributed by atoms with Crippen LogP contribution in [0.15, 0.2) is 0 Å². The highest BCUT2D eigenvalue weighted by Crippen LogP contribution is 2.44. The van der Waals surface area contributed by atoms with E-state index >= 15 is 0 Å². The van der Waals surface area contributed by atoms with Crippen LogP contribution in [0.1, 0.15) is 51.4 Å². The summed E-state index contributed by atoms with van der Waals surface area (Å²) in [6.45, 7) is 3.04. The molecule has 2 saturated carbocycles. The van der Waals surface area contributed by atoms with E-state index in [4.69, 9.17) is 4.74 Å². The fourth-order valence-corrected chi connectivity index (χ4v) is 3.68. The van der Waals surface area contributed by atoms with E-state index in [1.165, 1.54) is 32.4 Å². The molecule has 1 amide bonds. The van der Waals surface area contributed by atoms with Crippen molar-refractivity contribution < 1.29 is 9.53 Å². The summed E-state index contributed by atoms with van der Waals surface area (Å²) >= 11 is 0. The number of carbonyl (C=O) groups is 1. The van der Waals surface area contributed by atoms with Gasteiger partial charge in [-0.15, -0.1) is 0 Å². The van der Waals surface area contributed by atoms with Crippen LogP contribution >= 0.6 is 0 Å². The van der Waals surface area contributed by atoms with Crippen molar-refractivity contribution in [2.45, 2.75) is 63.5 Å². The van der Waals surface area contributed by atoms with E-state index in [2.05, 4.69) is 10.2 Å². The molecule has 0 radical (unpaired) electrons. The first-order valence-corrected chi connectivity index (χ1v) is 8.27. The number of rotatable bonds is 6. The molecule has 1 heterocycles. The molecule has 1 saturated heterocycles. The van der Waals surface area contributed by atoms with E-state index in [1.54, 1.807) is 7.11 Å². The Morgan fingerprint density at radius 2 is 1.95 bits per heavy atom. The molecule has 0 aromatic rings. The lowest BCUT2D eigenvalue weighted by atomic mass is 9.66. The Kier molecular flexibility index (Phi) is 4.32. The second kappa shape index (κ2) is 6.02. The number of carbonyl (C=O) groups excluding carboxylic acids is 1. The first-order valence-electron chi connectivity index (χ1n) is 8.27. The second-order valence-electron chi connectivity index (χ2n) is 6.89. The Morgan fingerprint density at radius 3 is 2.45 bits per heavy atom. The molecule has 0 aromatic carbocycles. The Morgan fingerprint density at radius 1 is 1.25 bits per heavy atom. The number of ether oxygens (including phenoxy) is 1. The third-order valence-electron chi connectivity index (χ3n) is 5.51. The summed E-state index contributed by atoms with van der Waals surface area (Å²) in [6, 6.07) is 1.27. The lowest BCUT2D eigenvalue weighted by Crippen LogP contribution is -2.52. The van der Waals surface area contributed by atoms with Gasteiger partial charge >= 0.3 is 0 Å². The van der Waals surface area contributed by atoms with E-state index in [0.717, 1.165) is 38.1 Å². The number of piperidine rings is 1. The van der Waals surface area contributed by atoms with Crippen molar-refractivity contribution in [1.82, 2.24) is 10.2 Å². The lowest BCUT2D eigenvalue weighted by Gasteiger charge is -2.42. The van der Waals surface area contributed by atoms with Gasteiger partial charge in [-0.1, -0.05) is 6.42 Å². The molecule has 4 nitrogen and oxygen atoms in total. The van der Waals surface area contributed by atoms with Crippen molar-refractivity contribution in [1.29, 1.82) is 0 Å².